The maximum atomic E-state index is 13.0. The third-order valence-corrected chi connectivity index (χ3v) is 4.35. The van der Waals surface area contributed by atoms with Crippen LogP contribution in [0.25, 0.3) is 0 Å². The highest BCUT2D eigenvalue weighted by molar-refractivity contribution is 5.86. The van der Waals surface area contributed by atoms with Crippen molar-refractivity contribution in [2.24, 2.45) is 0 Å². The summed E-state index contributed by atoms with van der Waals surface area (Å²) >= 11 is 0. The van der Waals surface area contributed by atoms with Gasteiger partial charge in [-0.2, -0.15) is 0 Å². The van der Waals surface area contributed by atoms with E-state index >= 15 is 0 Å². The maximum Gasteiger partial charge on any atom is 0.242 e. The molecular weight excluding hydrogens is 325 g/mol. The van der Waals surface area contributed by atoms with Crippen LogP contribution in [0.2, 0.25) is 0 Å². The minimum atomic E-state index is -0.591. The maximum absolute atomic E-state index is 13.0. The monoisotopic (exact) mass is 351 g/mol. The number of ether oxygens (including phenoxy) is 1. The first-order valence-electron chi connectivity index (χ1n) is 8.57. The van der Waals surface area contributed by atoms with Gasteiger partial charge in [-0.05, 0) is 24.6 Å². The Morgan fingerprint density at radius 3 is 2.52 bits per heavy atom. The molecule has 0 saturated carbocycles. The molecule has 1 heterocycles. The van der Waals surface area contributed by atoms with Crippen LogP contribution in [0.1, 0.15) is 19.4 Å². The van der Waals surface area contributed by atoms with Crippen LogP contribution in [-0.2, 0) is 20.9 Å². The van der Waals surface area contributed by atoms with Gasteiger partial charge in [-0.1, -0.05) is 12.1 Å². The summed E-state index contributed by atoms with van der Waals surface area (Å²) in [6.45, 7) is 7.89. The summed E-state index contributed by atoms with van der Waals surface area (Å²) in [7, 11) is 0. The van der Waals surface area contributed by atoms with Gasteiger partial charge in [0.15, 0.2) is 0 Å². The molecule has 2 rings (SSSR count). The molecule has 6 nitrogen and oxygen atoms in total. The van der Waals surface area contributed by atoms with Crippen molar-refractivity contribution in [3.8, 4) is 0 Å². The summed E-state index contributed by atoms with van der Waals surface area (Å²) in [6.07, 6.45) is 0. The summed E-state index contributed by atoms with van der Waals surface area (Å²) in [6, 6.07) is 5.34. The number of morpholine rings is 1. The number of nitrogens with zero attached hydrogens (tertiary/aromatic N) is 2. The van der Waals surface area contributed by atoms with Gasteiger partial charge in [0.05, 0.1) is 13.2 Å². The summed E-state index contributed by atoms with van der Waals surface area (Å²) < 4.78 is 18.3. The Morgan fingerprint density at radius 2 is 1.92 bits per heavy atom. The quantitative estimate of drug-likeness (QED) is 0.797. The Labute approximate surface area is 147 Å². The van der Waals surface area contributed by atoms with Crippen LogP contribution in [0.3, 0.4) is 0 Å². The van der Waals surface area contributed by atoms with Gasteiger partial charge in [0.25, 0.3) is 0 Å². The average molecular weight is 351 g/mol. The largest absolute Gasteiger partial charge is 0.379 e. The van der Waals surface area contributed by atoms with Gasteiger partial charge in [-0.25, -0.2) is 4.39 Å². The molecular formula is C18H26FN3O3. The molecule has 1 N–H and O–H groups in total. The Balaban J connectivity index is 1.85. The lowest BCUT2D eigenvalue weighted by atomic mass is 10.1. The van der Waals surface area contributed by atoms with Crippen LogP contribution >= 0.6 is 0 Å². The molecule has 0 unspecified atom stereocenters. The van der Waals surface area contributed by atoms with Crippen molar-refractivity contribution in [3.63, 3.8) is 0 Å². The molecule has 1 aromatic rings. The number of carbonyl (C=O) groups is 2. The van der Waals surface area contributed by atoms with Crippen molar-refractivity contribution in [1.82, 2.24) is 15.1 Å². The van der Waals surface area contributed by atoms with E-state index in [1.807, 2.05) is 0 Å². The molecule has 0 spiro atoms. The number of rotatable bonds is 7. The SMILES string of the molecule is CC(=O)N(Cc1ccc(F)cc1)[C@@H](C)C(=O)NCCN1CCOCC1. The molecule has 2 amide bonds. The van der Waals surface area contributed by atoms with Gasteiger partial charge in [0, 0.05) is 39.6 Å². The number of hydrogen-bond acceptors (Lipinski definition) is 4. The number of hydrogen-bond donors (Lipinski definition) is 1. The molecule has 1 aromatic carbocycles. The van der Waals surface area contributed by atoms with Gasteiger partial charge < -0.3 is 15.0 Å². The molecule has 0 radical (unpaired) electrons. The zero-order chi connectivity index (χ0) is 18.2. The van der Waals surface area contributed by atoms with Gasteiger partial charge in [0.2, 0.25) is 11.8 Å². The molecule has 0 bridgehead atoms. The highest BCUT2D eigenvalue weighted by Crippen LogP contribution is 2.10. The lowest BCUT2D eigenvalue weighted by molar-refractivity contribution is -0.139. The van der Waals surface area contributed by atoms with E-state index in [2.05, 4.69) is 10.2 Å². The van der Waals surface area contributed by atoms with Crippen LogP contribution in [0, 0.1) is 5.82 Å². The second kappa shape index (κ2) is 9.48. The molecule has 1 aliphatic heterocycles. The first-order chi connectivity index (χ1) is 12.0. The predicted octanol–water partition coefficient (Wildman–Crippen LogP) is 1.01. The van der Waals surface area contributed by atoms with E-state index in [-0.39, 0.29) is 24.2 Å². The Morgan fingerprint density at radius 1 is 1.28 bits per heavy atom. The fourth-order valence-electron chi connectivity index (χ4n) is 2.76. The summed E-state index contributed by atoms with van der Waals surface area (Å²) in [5.41, 5.74) is 0.782. The molecule has 25 heavy (non-hydrogen) atoms. The van der Waals surface area contributed by atoms with Crippen molar-refractivity contribution >= 4 is 11.8 Å². The van der Waals surface area contributed by atoms with Crippen LogP contribution in [-0.4, -0.2) is 67.0 Å². The van der Waals surface area contributed by atoms with Crippen molar-refractivity contribution < 1.29 is 18.7 Å². The number of benzene rings is 1. The van der Waals surface area contributed by atoms with E-state index < -0.39 is 6.04 Å². The van der Waals surface area contributed by atoms with Crippen molar-refractivity contribution in [2.45, 2.75) is 26.4 Å². The van der Waals surface area contributed by atoms with E-state index in [1.54, 1.807) is 19.1 Å². The number of carbonyl (C=O) groups excluding carboxylic acids is 2. The summed E-state index contributed by atoms with van der Waals surface area (Å²) in [5, 5.41) is 2.88. The van der Waals surface area contributed by atoms with Crippen LogP contribution in [0.5, 0.6) is 0 Å². The lowest BCUT2D eigenvalue weighted by Gasteiger charge is -2.29. The average Bonchev–Trinajstić information content (AvgIpc) is 2.61. The van der Waals surface area contributed by atoms with Crippen molar-refractivity contribution in [1.29, 1.82) is 0 Å². The van der Waals surface area contributed by atoms with E-state index in [0.717, 1.165) is 38.4 Å². The Kier molecular flexibility index (Phi) is 7.33. The van der Waals surface area contributed by atoms with Gasteiger partial charge in [0.1, 0.15) is 11.9 Å². The fraction of sp³-hybridized carbons (Fsp3) is 0.556. The van der Waals surface area contributed by atoms with Crippen LogP contribution < -0.4 is 5.32 Å². The second-order valence-corrected chi connectivity index (χ2v) is 6.19. The van der Waals surface area contributed by atoms with E-state index in [0.29, 0.717) is 6.54 Å². The predicted molar refractivity (Wildman–Crippen MR) is 92.4 cm³/mol. The molecule has 138 valence electrons. The van der Waals surface area contributed by atoms with E-state index in [4.69, 9.17) is 4.74 Å². The van der Waals surface area contributed by atoms with Gasteiger partial charge in [-0.3, -0.25) is 14.5 Å². The third kappa shape index (κ3) is 6.10. The number of halogens is 1. The van der Waals surface area contributed by atoms with Gasteiger partial charge >= 0.3 is 0 Å². The molecule has 1 saturated heterocycles. The molecule has 1 fully saturated rings. The first kappa shape index (κ1) is 19.3. The first-order valence-corrected chi connectivity index (χ1v) is 8.57. The Bertz CT molecular complexity index is 573. The topological polar surface area (TPSA) is 61.9 Å². The molecule has 1 aliphatic rings. The molecule has 7 heteroatoms. The normalized spacial score (nSPS) is 16.3. The Hall–Kier alpha value is -1.99. The minimum Gasteiger partial charge on any atom is -0.379 e. The highest BCUT2D eigenvalue weighted by Gasteiger charge is 2.23. The third-order valence-electron chi connectivity index (χ3n) is 4.35. The van der Waals surface area contributed by atoms with Crippen LogP contribution in [0.4, 0.5) is 4.39 Å². The van der Waals surface area contributed by atoms with Crippen molar-refractivity contribution in [3.05, 3.63) is 35.6 Å². The number of nitrogens with one attached hydrogen (secondary N) is 1. The van der Waals surface area contributed by atoms with E-state index in [9.17, 15) is 14.0 Å². The zero-order valence-corrected chi connectivity index (χ0v) is 14.8. The smallest absolute Gasteiger partial charge is 0.242 e. The summed E-state index contributed by atoms with van der Waals surface area (Å²) in [4.78, 5) is 28.0. The second-order valence-electron chi connectivity index (χ2n) is 6.19. The summed E-state index contributed by atoms with van der Waals surface area (Å²) in [5.74, 6) is -0.710. The molecule has 1 atom stereocenters. The number of amides is 2. The molecule has 0 aliphatic carbocycles. The highest BCUT2D eigenvalue weighted by atomic mass is 19.1. The van der Waals surface area contributed by atoms with E-state index in [1.165, 1.54) is 24.0 Å². The zero-order valence-electron chi connectivity index (χ0n) is 14.8. The van der Waals surface area contributed by atoms with Gasteiger partial charge in [-0.15, -0.1) is 0 Å². The molecule has 0 aromatic heterocycles. The fourth-order valence-corrected chi connectivity index (χ4v) is 2.76. The van der Waals surface area contributed by atoms with Crippen LogP contribution in [0.15, 0.2) is 24.3 Å². The standard InChI is InChI=1S/C18H26FN3O3/c1-14(18(24)20-7-8-21-9-11-25-12-10-21)22(15(2)23)13-16-3-5-17(19)6-4-16/h3-6,14H,7-13H2,1-2H3,(H,20,24)/t14-/m0/s1. The minimum absolute atomic E-state index is 0.189. The lowest BCUT2D eigenvalue weighted by Crippen LogP contribution is -2.49. The van der Waals surface area contributed by atoms with Crippen molar-refractivity contribution in [2.75, 3.05) is 39.4 Å².